The molecule has 0 unspecified atom stereocenters. The molecule has 1 spiro atoms. The fourth-order valence-corrected chi connectivity index (χ4v) is 16.1. The molecule has 2 aromatic rings. The second-order valence-electron chi connectivity index (χ2n) is 7.63. The molecule has 0 radical (unpaired) electrons. The van der Waals surface area contributed by atoms with E-state index in [1.807, 2.05) is 27.7 Å². The summed E-state index contributed by atoms with van der Waals surface area (Å²) in [7, 11) is -6.00. The summed E-state index contributed by atoms with van der Waals surface area (Å²) in [6, 6.07) is 0. The van der Waals surface area contributed by atoms with E-state index < -0.39 is 8.09 Å². The Morgan fingerprint density at radius 3 is 0.800 bits per heavy atom. The van der Waals surface area contributed by atoms with Crippen LogP contribution < -0.4 is 17.7 Å². The van der Waals surface area contributed by atoms with E-state index in [-0.39, 0.29) is 0 Å². The molecule has 0 fully saturated rings. The predicted molar refractivity (Wildman–Crippen MR) is 167 cm³/mol. The Balaban J connectivity index is 2.22. The minimum absolute atomic E-state index is 0.432. The normalized spacial score (nSPS) is 20.2. The summed E-state index contributed by atoms with van der Waals surface area (Å²) in [5, 5.41) is 0. The Bertz CT molecular complexity index is 1080. The molecule has 2 aliphatic heterocycles. The number of benzene rings is 2. The molecule has 4 rings (SSSR count). The summed E-state index contributed by atoms with van der Waals surface area (Å²) >= 11 is 29.3. The quantitative estimate of drug-likeness (QED) is 0.125. The first-order valence-corrected chi connectivity index (χ1v) is 19.3. The van der Waals surface area contributed by atoms with Crippen LogP contribution in [0.25, 0.3) is 0 Å². The van der Waals surface area contributed by atoms with Crippen LogP contribution in [0.1, 0.15) is 27.7 Å². The maximum absolute atomic E-state index is 7.10. The van der Waals surface area contributed by atoms with Gasteiger partial charge in [0.2, 0.25) is 0 Å². The van der Waals surface area contributed by atoms with Crippen molar-refractivity contribution in [1.29, 1.82) is 0 Å². The van der Waals surface area contributed by atoms with E-state index in [9.17, 15) is 0 Å². The first-order valence-electron chi connectivity index (χ1n) is 10.5. The molecule has 0 saturated heterocycles. The topological polar surface area (TPSA) is 42.3 Å². The number of hydrogen-bond acceptors (Lipinski definition) is 4. The first kappa shape index (κ1) is 29.6. The summed E-state index contributed by atoms with van der Waals surface area (Å²) in [6.07, 6.45) is 0. The SMILES string of the molecule is CC[O+](CC)[Si-2]12([O+](CC)CC)(Oc3c(Br)c(Br)c(Br)c(Br)c3O1)Oc1c(Br)c(Br)c(Br)c(Br)c1O2. The van der Waals surface area contributed by atoms with E-state index in [0.29, 0.717) is 67.3 Å². The zero-order chi connectivity index (χ0) is 26.1. The molecule has 0 N–H and O–H groups in total. The third-order valence-electron chi connectivity index (χ3n) is 6.18. The van der Waals surface area contributed by atoms with Crippen LogP contribution in [-0.4, -0.2) is 34.5 Å². The van der Waals surface area contributed by atoms with E-state index in [1.165, 1.54) is 0 Å². The van der Waals surface area contributed by atoms with E-state index in [4.69, 9.17) is 17.7 Å². The van der Waals surface area contributed by atoms with Gasteiger partial charge in [-0.1, -0.05) is 0 Å². The summed E-state index contributed by atoms with van der Waals surface area (Å²) < 4.78 is 40.4. The molecule has 15 heteroatoms. The van der Waals surface area contributed by atoms with Gasteiger partial charge in [-0.2, -0.15) is 0 Å². The minimum atomic E-state index is -6.00. The van der Waals surface area contributed by atoms with Gasteiger partial charge in [0.15, 0.2) is 0 Å². The van der Waals surface area contributed by atoms with Gasteiger partial charge in [-0.3, -0.25) is 0 Å². The van der Waals surface area contributed by atoms with Crippen LogP contribution in [-0.2, 0) is 8.11 Å². The molecule has 196 valence electrons. The van der Waals surface area contributed by atoms with Crippen LogP contribution in [0, 0.1) is 0 Å². The second-order valence-corrected chi connectivity index (χ2v) is 18.4. The molecule has 0 amide bonds. The van der Waals surface area contributed by atoms with Crippen molar-refractivity contribution in [2.45, 2.75) is 27.7 Å². The fourth-order valence-electron chi connectivity index (χ4n) is 4.73. The standard InChI is InChI=1S/C20H20Br8O6Si/c1-5-33(6-2)35(34(7-3)8-4,29-17-13(25)9(21)10(22)14(26)18(17)30-35)31-19-15(27)11(23)12(24)16(28)20(19)32-35/h5-8H2,1-4H3. The molecule has 2 heterocycles. The molecule has 35 heavy (non-hydrogen) atoms. The molecule has 0 saturated carbocycles. The van der Waals surface area contributed by atoms with Gasteiger partial charge in [-0.15, -0.1) is 0 Å². The Hall–Kier alpha value is 1.62. The maximum atomic E-state index is 7.10. The van der Waals surface area contributed by atoms with E-state index in [2.05, 4.69) is 136 Å². The van der Waals surface area contributed by atoms with Crippen molar-refractivity contribution in [3.63, 3.8) is 0 Å². The van der Waals surface area contributed by atoms with Gasteiger partial charge >= 0.3 is 274 Å². The molecule has 0 bridgehead atoms. The molecule has 0 aromatic heterocycles. The second kappa shape index (κ2) is 9.62. The van der Waals surface area contributed by atoms with Gasteiger partial charge in [0.25, 0.3) is 0 Å². The number of rotatable bonds is 6. The van der Waals surface area contributed by atoms with Crippen molar-refractivity contribution in [3.8, 4) is 23.0 Å². The van der Waals surface area contributed by atoms with Crippen molar-refractivity contribution < 1.29 is 25.8 Å². The Morgan fingerprint density at radius 1 is 0.429 bits per heavy atom. The number of fused-ring (bicyclic) bond motifs is 2. The molecule has 2 aromatic carbocycles. The van der Waals surface area contributed by atoms with Crippen LogP contribution in [0.15, 0.2) is 35.8 Å². The van der Waals surface area contributed by atoms with Crippen LogP contribution in [0.2, 0.25) is 0 Å². The molecule has 2 aliphatic rings. The Kier molecular flexibility index (Phi) is 8.13. The zero-order valence-electron chi connectivity index (χ0n) is 18.8. The third kappa shape index (κ3) is 3.61. The Labute approximate surface area is 271 Å². The van der Waals surface area contributed by atoms with E-state index in [1.54, 1.807) is 0 Å². The average Bonchev–Trinajstić information content (AvgIpc) is 3.34. The van der Waals surface area contributed by atoms with Crippen molar-refractivity contribution >= 4 is 136 Å². The van der Waals surface area contributed by atoms with Gasteiger partial charge in [-0.05, 0) is 0 Å². The van der Waals surface area contributed by atoms with Gasteiger partial charge in [-0.25, -0.2) is 0 Å². The Morgan fingerprint density at radius 2 is 0.629 bits per heavy atom. The molecular weight excluding hydrogens is 1000 g/mol. The van der Waals surface area contributed by atoms with E-state index >= 15 is 0 Å². The van der Waals surface area contributed by atoms with Crippen molar-refractivity contribution in [3.05, 3.63) is 35.8 Å². The van der Waals surface area contributed by atoms with Gasteiger partial charge in [0.1, 0.15) is 0 Å². The number of halogens is 8. The zero-order valence-corrected chi connectivity index (χ0v) is 32.5. The monoisotopic (exact) mass is 1020 g/mol. The van der Waals surface area contributed by atoms with Gasteiger partial charge in [0, 0.05) is 0 Å². The van der Waals surface area contributed by atoms with E-state index in [0.717, 1.165) is 17.9 Å². The number of hydrogen-bond donors (Lipinski definition) is 0. The summed E-state index contributed by atoms with van der Waals surface area (Å²) in [6.45, 7) is 9.69. The van der Waals surface area contributed by atoms with Gasteiger partial charge in [0.05, 0.1) is 0 Å². The summed E-state index contributed by atoms with van der Waals surface area (Å²) in [5.74, 6) is 1.75. The van der Waals surface area contributed by atoms with Crippen LogP contribution in [0.4, 0.5) is 0 Å². The van der Waals surface area contributed by atoms with Crippen molar-refractivity contribution in [2.24, 2.45) is 0 Å². The average molecular weight is 1020 g/mol. The van der Waals surface area contributed by atoms with Crippen LogP contribution >= 0.6 is 127 Å². The van der Waals surface area contributed by atoms with Crippen LogP contribution in [0.5, 0.6) is 23.0 Å². The van der Waals surface area contributed by atoms with Gasteiger partial charge < -0.3 is 0 Å². The third-order valence-corrected chi connectivity index (χ3v) is 21.6. The van der Waals surface area contributed by atoms with Crippen molar-refractivity contribution in [1.82, 2.24) is 0 Å². The van der Waals surface area contributed by atoms with Crippen molar-refractivity contribution in [2.75, 3.05) is 26.4 Å². The summed E-state index contributed by atoms with van der Waals surface area (Å²) in [5.41, 5.74) is 0. The first-order chi connectivity index (χ1) is 16.3. The fraction of sp³-hybridized carbons (Fsp3) is 0.400. The van der Waals surface area contributed by atoms with Crippen LogP contribution in [0.3, 0.4) is 0 Å². The molecule has 0 atom stereocenters. The molecular formula is C20H20Br8O6Si. The summed E-state index contributed by atoms with van der Waals surface area (Å²) in [4.78, 5) is 0. The molecule has 6 nitrogen and oxygen atoms in total. The predicted octanol–water partition coefficient (Wildman–Crippen LogP) is 10.6. The molecule has 0 aliphatic carbocycles.